The zero-order chi connectivity index (χ0) is 14.1. The predicted octanol–water partition coefficient (Wildman–Crippen LogP) is 1.44. The van der Waals surface area contributed by atoms with Crippen molar-refractivity contribution < 1.29 is 0 Å². The summed E-state index contributed by atoms with van der Waals surface area (Å²) >= 11 is 0. The van der Waals surface area contributed by atoms with Crippen LogP contribution in [0.2, 0.25) is 0 Å². The van der Waals surface area contributed by atoms with E-state index in [0.717, 1.165) is 12.5 Å². The van der Waals surface area contributed by atoms with Crippen molar-refractivity contribution in [2.75, 3.05) is 32.1 Å². The molecule has 0 bridgehead atoms. The standard InChI is InChI=1S/C15H22N4/c1-5-11-17-15(16-6-2)18-12-13-7-9-14(10-8-13)19(3)4/h1,7-10H,6,11-12H2,2-4H3,(H2,16,17,18). The van der Waals surface area contributed by atoms with Crippen LogP contribution in [0.1, 0.15) is 12.5 Å². The fourth-order valence-corrected chi connectivity index (χ4v) is 1.55. The zero-order valence-electron chi connectivity index (χ0n) is 11.9. The van der Waals surface area contributed by atoms with Gasteiger partial charge in [0.25, 0.3) is 0 Å². The van der Waals surface area contributed by atoms with E-state index >= 15 is 0 Å². The molecule has 0 fully saturated rings. The summed E-state index contributed by atoms with van der Waals surface area (Å²) in [6.07, 6.45) is 5.23. The van der Waals surface area contributed by atoms with E-state index in [9.17, 15) is 0 Å². The molecule has 0 unspecified atom stereocenters. The molecule has 0 saturated carbocycles. The lowest BCUT2D eigenvalue weighted by molar-refractivity contribution is 0.865. The first-order chi connectivity index (χ1) is 9.17. The Bertz CT molecular complexity index is 440. The van der Waals surface area contributed by atoms with Crippen LogP contribution in [0.25, 0.3) is 0 Å². The predicted molar refractivity (Wildman–Crippen MR) is 82.4 cm³/mol. The minimum absolute atomic E-state index is 0.478. The molecule has 0 aliphatic heterocycles. The number of nitrogens with one attached hydrogen (secondary N) is 2. The first-order valence-corrected chi connectivity index (χ1v) is 6.39. The van der Waals surface area contributed by atoms with Crippen molar-refractivity contribution in [1.82, 2.24) is 10.6 Å². The van der Waals surface area contributed by atoms with Crippen molar-refractivity contribution >= 4 is 11.6 Å². The lowest BCUT2D eigenvalue weighted by Gasteiger charge is -2.12. The van der Waals surface area contributed by atoms with Gasteiger partial charge in [0.15, 0.2) is 5.96 Å². The summed E-state index contributed by atoms with van der Waals surface area (Å²) in [6, 6.07) is 8.35. The molecule has 4 heteroatoms. The quantitative estimate of drug-likeness (QED) is 0.477. The lowest BCUT2D eigenvalue weighted by atomic mass is 10.2. The summed E-state index contributed by atoms with van der Waals surface area (Å²) in [5.41, 5.74) is 2.36. The van der Waals surface area contributed by atoms with Gasteiger partial charge in [-0.3, -0.25) is 0 Å². The van der Waals surface area contributed by atoms with Crippen molar-refractivity contribution in [2.45, 2.75) is 13.5 Å². The molecule has 0 amide bonds. The van der Waals surface area contributed by atoms with Gasteiger partial charge < -0.3 is 15.5 Å². The Kier molecular flexibility index (Phi) is 6.31. The molecule has 2 N–H and O–H groups in total. The minimum atomic E-state index is 0.478. The van der Waals surface area contributed by atoms with Crippen LogP contribution in [-0.2, 0) is 6.54 Å². The van der Waals surface area contributed by atoms with Crippen LogP contribution in [0.3, 0.4) is 0 Å². The van der Waals surface area contributed by atoms with Gasteiger partial charge >= 0.3 is 0 Å². The second kappa shape index (κ2) is 8.04. The number of hydrogen-bond donors (Lipinski definition) is 2. The van der Waals surface area contributed by atoms with Crippen molar-refractivity contribution in [2.24, 2.45) is 4.99 Å². The van der Waals surface area contributed by atoms with E-state index in [4.69, 9.17) is 6.42 Å². The van der Waals surface area contributed by atoms with Crippen molar-refractivity contribution in [3.8, 4) is 12.3 Å². The molecule has 1 aromatic carbocycles. The van der Waals surface area contributed by atoms with E-state index in [1.165, 1.54) is 11.3 Å². The fourth-order valence-electron chi connectivity index (χ4n) is 1.55. The van der Waals surface area contributed by atoms with E-state index in [1.54, 1.807) is 0 Å². The van der Waals surface area contributed by atoms with E-state index in [2.05, 4.69) is 50.7 Å². The van der Waals surface area contributed by atoms with E-state index in [-0.39, 0.29) is 0 Å². The molecule has 1 rings (SSSR count). The lowest BCUT2D eigenvalue weighted by Crippen LogP contribution is -2.37. The summed E-state index contributed by atoms with van der Waals surface area (Å²) in [7, 11) is 4.06. The molecule has 4 nitrogen and oxygen atoms in total. The summed E-state index contributed by atoms with van der Waals surface area (Å²) < 4.78 is 0. The van der Waals surface area contributed by atoms with E-state index in [1.807, 2.05) is 21.0 Å². The number of benzene rings is 1. The molecule has 0 heterocycles. The number of anilines is 1. The fraction of sp³-hybridized carbons (Fsp3) is 0.400. The normalized spacial score (nSPS) is 10.7. The number of guanidine groups is 1. The van der Waals surface area contributed by atoms with Crippen LogP contribution in [0.5, 0.6) is 0 Å². The Morgan fingerprint density at radius 1 is 1.26 bits per heavy atom. The molecule has 102 valence electrons. The van der Waals surface area contributed by atoms with Crippen LogP contribution in [0.15, 0.2) is 29.3 Å². The molecule has 0 aromatic heterocycles. The molecule has 19 heavy (non-hydrogen) atoms. The topological polar surface area (TPSA) is 39.7 Å². The molecule has 0 aliphatic rings. The molecule has 0 spiro atoms. The Balaban J connectivity index is 2.63. The molecule has 0 saturated heterocycles. The first kappa shape index (κ1) is 14.9. The van der Waals surface area contributed by atoms with Crippen LogP contribution in [0, 0.1) is 12.3 Å². The van der Waals surface area contributed by atoms with Gasteiger partial charge in [-0.05, 0) is 24.6 Å². The highest BCUT2D eigenvalue weighted by molar-refractivity contribution is 5.79. The second-order valence-corrected chi connectivity index (χ2v) is 4.31. The smallest absolute Gasteiger partial charge is 0.192 e. The number of aliphatic imine (C=N–C) groups is 1. The Morgan fingerprint density at radius 3 is 2.47 bits per heavy atom. The van der Waals surface area contributed by atoms with Crippen molar-refractivity contribution in [3.05, 3.63) is 29.8 Å². The number of nitrogens with zero attached hydrogens (tertiary/aromatic N) is 2. The molecular formula is C15H22N4. The minimum Gasteiger partial charge on any atom is -0.378 e. The molecule has 1 aromatic rings. The third-order valence-corrected chi connectivity index (χ3v) is 2.57. The van der Waals surface area contributed by atoms with Gasteiger partial charge in [0.05, 0.1) is 13.1 Å². The molecule has 0 radical (unpaired) electrons. The van der Waals surface area contributed by atoms with Gasteiger partial charge in [0.2, 0.25) is 0 Å². The summed E-state index contributed by atoms with van der Waals surface area (Å²) in [4.78, 5) is 6.56. The molecule has 0 atom stereocenters. The molecular weight excluding hydrogens is 236 g/mol. The van der Waals surface area contributed by atoms with Crippen molar-refractivity contribution in [3.63, 3.8) is 0 Å². The van der Waals surface area contributed by atoms with E-state index < -0.39 is 0 Å². The summed E-state index contributed by atoms with van der Waals surface area (Å²) in [6.45, 7) is 3.95. The zero-order valence-corrected chi connectivity index (χ0v) is 11.9. The van der Waals surface area contributed by atoms with Gasteiger partial charge in [-0.25, -0.2) is 4.99 Å². The van der Waals surface area contributed by atoms with Crippen LogP contribution >= 0.6 is 0 Å². The van der Waals surface area contributed by atoms with Crippen molar-refractivity contribution in [1.29, 1.82) is 0 Å². The van der Waals surface area contributed by atoms with Gasteiger partial charge in [0, 0.05) is 26.3 Å². The van der Waals surface area contributed by atoms with Crippen LogP contribution in [0.4, 0.5) is 5.69 Å². The van der Waals surface area contributed by atoms with Gasteiger partial charge in [-0.1, -0.05) is 18.1 Å². The average molecular weight is 258 g/mol. The number of hydrogen-bond acceptors (Lipinski definition) is 2. The molecule has 0 aliphatic carbocycles. The Morgan fingerprint density at radius 2 is 1.95 bits per heavy atom. The number of rotatable bonds is 5. The second-order valence-electron chi connectivity index (χ2n) is 4.31. The summed E-state index contributed by atoms with van der Waals surface area (Å²) in [5, 5.41) is 6.22. The maximum absolute atomic E-state index is 5.23. The maximum Gasteiger partial charge on any atom is 0.192 e. The summed E-state index contributed by atoms with van der Waals surface area (Å²) in [5.74, 6) is 3.28. The highest BCUT2D eigenvalue weighted by atomic mass is 15.2. The highest BCUT2D eigenvalue weighted by Gasteiger charge is 1.98. The average Bonchev–Trinajstić information content (AvgIpc) is 2.42. The Hall–Kier alpha value is -2.15. The maximum atomic E-state index is 5.23. The third-order valence-electron chi connectivity index (χ3n) is 2.57. The Labute approximate surface area is 115 Å². The SMILES string of the molecule is C#CCNC(=NCc1ccc(N(C)C)cc1)NCC. The monoisotopic (exact) mass is 258 g/mol. The van der Waals surface area contributed by atoms with Crippen LogP contribution < -0.4 is 15.5 Å². The largest absolute Gasteiger partial charge is 0.378 e. The highest BCUT2D eigenvalue weighted by Crippen LogP contribution is 2.12. The third kappa shape index (κ3) is 5.35. The van der Waals surface area contributed by atoms with Crippen LogP contribution in [-0.4, -0.2) is 33.1 Å². The number of terminal acetylenes is 1. The first-order valence-electron chi connectivity index (χ1n) is 6.39. The van der Waals surface area contributed by atoms with Gasteiger partial charge in [0.1, 0.15) is 0 Å². The van der Waals surface area contributed by atoms with Gasteiger partial charge in [-0.2, -0.15) is 0 Å². The van der Waals surface area contributed by atoms with E-state index in [0.29, 0.717) is 13.1 Å². The van der Waals surface area contributed by atoms with Gasteiger partial charge in [-0.15, -0.1) is 6.42 Å².